The molecular weight excluding hydrogens is 422 g/mol. The SMILES string of the molecule is CC(=O)O.Cc1cc(CCc2c[nH]c3ccccc23)oc(=O)c1C(=O)NC1CCC(N)CC1. The fourth-order valence-corrected chi connectivity index (χ4v) is 4.19. The van der Waals surface area contributed by atoms with Gasteiger partial charge in [0.05, 0.1) is 0 Å². The Balaban J connectivity index is 0.000000709. The second kappa shape index (κ2) is 11.0. The summed E-state index contributed by atoms with van der Waals surface area (Å²) in [5.74, 6) is -0.585. The van der Waals surface area contributed by atoms with Crippen LogP contribution in [0.4, 0.5) is 0 Å². The molecule has 8 heteroatoms. The summed E-state index contributed by atoms with van der Waals surface area (Å²) in [6.45, 7) is 2.87. The maximum Gasteiger partial charge on any atom is 0.349 e. The monoisotopic (exact) mass is 453 g/mol. The molecule has 0 spiro atoms. The van der Waals surface area contributed by atoms with Crippen molar-refractivity contribution in [2.45, 2.75) is 64.5 Å². The molecule has 0 aliphatic heterocycles. The summed E-state index contributed by atoms with van der Waals surface area (Å²) >= 11 is 0. The van der Waals surface area contributed by atoms with Crippen molar-refractivity contribution in [3.05, 3.63) is 69.4 Å². The van der Waals surface area contributed by atoms with Crippen LogP contribution in [0.5, 0.6) is 0 Å². The number of H-pyrrole nitrogens is 1. The van der Waals surface area contributed by atoms with E-state index in [0.717, 1.165) is 44.5 Å². The van der Waals surface area contributed by atoms with Crippen LogP contribution >= 0.6 is 0 Å². The van der Waals surface area contributed by atoms with Crippen LogP contribution in [0.25, 0.3) is 10.9 Å². The van der Waals surface area contributed by atoms with Crippen LogP contribution in [0, 0.1) is 6.92 Å². The van der Waals surface area contributed by atoms with Crippen molar-refractivity contribution < 1.29 is 19.1 Å². The Morgan fingerprint density at radius 3 is 2.52 bits per heavy atom. The number of aromatic amines is 1. The second-order valence-corrected chi connectivity index (χ2v) is 8.52. The molecule has 4 rings (SSSR count). The first-order valence-electron chi connectivity index (χ1n) is 11.2. The van der Waals surface area contributed by atoms with Crippen molar-refractivity contribution in [2.24, 2.45) is 5.73 Å². The first-order valence-corrected chi connectivity index (χ1v) is 11.2. The third-order valence-corrected chi connectivity index (χ3v) is 5.85. The first-order chi connectivity index (χ1) is 15.7. The normalized spacial score (nSPS) is 17.8. The number of para-hydroxylation sites is 1. The van der Waals surface area contributed by atoms with Gasteiger partial charge in [-0.2, -0.15) is 0 Å². The number of carboxylic acids is 1. The van der Waals surface area contributed by atoms with Gasteiger partial charge in [0.1, 0.15) is 11.3 Å². The third kappa shape index (κ3) is 6.55. The van der Waals surface area contributed by atoms with Crippen LogP contribution in [0.2, 0.25) is 0 Å². The van der Waals surface area contributed by atoms with E-state index in [1.807, 2.05) is 30.5 Å². The van der Waals surface area contributed by atoms with Gasteiger partial charge in [0.2, 0.25) is 0 Å². The van der Waals surface area contributed by atoms with Crippen LogP contribution < -0.4 is 16.7 Å². The molecule has 0 saturated heterocycles. The minimum Gasteiger partial charge on any atom is -0.481 e. The number of rotatable bonds is 5. The lowest BCUT2D eigenvalue weighted by Gasteiger charge is -2.26. The molecule has 3 aromatic rings. The minimum absolute atomic E-state index is 0.0719. The number of carbonyl (C=O) groups is 2. The summed E-state index contributed by atoms with van der Waals surface area (Å²) < 4.78 is 5.48. The summed E-state index contributed by atoms with van der Waals surface area (Å²) in [5.41, 5.74) is 8.38. The lowest BCUT2D eigenvalue weighted by Crippen LogP contribution is -2.42. The smallest absolute Gasteiger partial charge is 0.349 e. The zero-order valence-corrected chi connectivity index (χ0v) is 19.0. The summed E-state index contributed by atoms with van der Waals surface area (Å²) in [4.78, 5) is 37.4. The van der Waals surface area contributed by atoms with E-state index < -0.39 is 11.6 Å². The van der Waals surface area contributed by atoms with Gasteiger partial charge in [0, 0.05) is 42.5 Å². The van der Waals surface area contributed by atoms with Gasteiger partial charge < -0.3 is 25.6 Å². The maximum absolute atomic E-state index is 12.6. The van der Waals surface area contributed by atoms with Gasteiger partial charge >= 0.3 is 5.63 Å². The Labute approximate surface area is 192 Å². The molecule has 1 aromatic carbocycles. The van der Waals surface area contributed by atoms with E-state index in [1.54, 1.807) is 6.92 Å². The van der Waals surface area contributed by atoms with Gasteiger partial charge in [0.25, 0.3) is 11.9 Å². The zero-order valence-electron chi connectivity index (χ0n) is 19.0. The van der Waals surface area contributed by atoms with Gasteiger partial charge in [-0.1, -0.05) is 18.2 Å². The van der Waals surface area contributed by atoms with Crippen molar-refractivity contribution in [3.63, 3.8) is 0 Å². The van der Waals surface area contributed by atoms with Crippen LogP contribution in [0.1, 0.15) is 59.9 Å². The maximum atomic E-state index is 12.6. The van der Waals surface area contributed by atoms with Gasteiger partial charge in [-0.05, 0) is 62.3 Å². The van der Waals surface area contributed by atoms with Crippen molar-refractivity contribution in [1.82, 2.24) is 10.3 Å². The predicted molar refractivity (Wildman–Crippen MR) is 126 cm³/mol. The quantitative estimate of drug-likeness (QED) is 0.467. The number of benzene rings is 1. The number of aliphatic carboxylic acids is 1. The molecule has 0 atom stereocenters. The number of fused-ring (bicyclic) bond motifs is 1. The summed E-state index contributed by atoms with van der Waals surface area (Å²) in [6, 6.07) is 10.2. The summed E-state index contributed by atoms with van der Waals surface area (Å²) in [5, 5.41) is 11.6. The number of hydrogen-bond donors (Lipinski definition) is 4. The Kier molecular flexibility index (Phi) is 8.06. The first kappa shape index (κ1) is 24.3. The fourth-order valence-electron chi connectivity index (χ4n) is 4.19. The highest BCUT2D eigenvalue weighted by atomic mass is 16.4. The molecule has 0 unspecified atom stereocenters. The standard InChI is InChI=1S/C23H27N3O3.C2H4O2/c1-14-12-18(11-6-15-13-25-20-5-3-2-4-19(15)20)29-23(28)21(14)22(27)26-17-9-7-16(24)8-10-17;1-2(3)4/h2-5,12-13,16-17,25H,6-11,24H2,1H3,(H,26,27);1H3,(H,3,4). The Morgan fingerprint density at radius 1 is 1.18 bits per heavy atom. The Hall–Kier alpha value is -3.39. The van der Waals surface area contributed by atoms with Crippen molar-refractivity contribution in [3.8, 4) is 0 Å². The number of aryl methyl sites for hydroxylation is 3. The number of aromatic nitrogens is 1. The van der Waals surface area contributed by atoms with Crippen LogP contribution in [0.3, 0.4) is 0 Å². The van der Waals surface area contributed by atoms with Gasteiger partial charge in [0.15, 0.2) is 0 Å². The third-order valence-electron chi connectivity index (χ3n) is 5.85. The average molecular weight is 454 g/mol. The number of nitrogens with two attached hydrogens (primary N) is 1. The van der Waals surface area contributed by atoms with Gasteiger partial charge in [-0.15, -0.1) is 0 Å². The van der Waals surface area contributed by atoms with Crippen LogP contribution in [-0.4, -0.2) is 34.1 Å². The van der Waals surface area contributed by atoms with E-state index in [-0.39, 0.29) is 23.6 Å². The lowest BCUT2D eigenvalue weighted by atomic mass is 9.91. The zero-order chi connectivity index (χ0) is 24.0. The molecule has 1 amide bonds. The van der Waals surface area contributed by atoms with Crippen LogP contribution in [0.15, 0.2) is 45.7 Å². The molecule has 5 N–H and O–H groups in total. The molecular formula is C25H31N3O5. The van der Waals surface area contributed by atoms with E-state index in [2.05, 4.69) is 16.4 Å². The molecule has 0 radical (unpaired) electrons. The highest BCUT2D eigenvalue weighted by Gasteiger charge is 2.23. The highest BCUT2D eigenvalue weighted by molar-refractivity contribution is 5.95. The topological polar surface area (TPSA) is 138 Å². The predicted octanol–water partition coefficient (Wildman–Crippen LogP) is 3.31. The molecule has 1 aliphatic carbocycles. The van der Waals surface area contributed by atoms with Gasteiger partial charge in [-0.3, -0.25) is 9.59 Å². The molecule has 2 heterocycles. The molecule has 33 heavy (non-hydrogen) atoms. The molecule has 1 saturated carbocycles. The number of nitrogens with one attached hydrogen (secondary N) is 2. The molecule has 1 fully saturated rings. The van der Waals surface area contributed by atoms with Crippen molar-refractivity contribution >= 4 is 22.8 Å². The number of carbonyl (C=O) groups excluding carboxylic acids is 1. The summed E-state index contributed by atoms with van der Waals surface area (Å²) in [7, 11) is 0. The van der Waals surface area contributed by atoms with Crippen molar-refractivity contribution in [1.29, 1.82) is 0 Å². The van der Waals surface area contributed by atoms with Crippen LogP contribution in [-0.2, 0) is 17.6 Å². The van der Waals surface area contributed by atoms with E-state index in [0.29, 0.717) is 17.7 Å². The fraction of sp³-hybridized carbons (Fsp3) is 0.400. The molecule has 0 bridgehead atoms. The molecule has 8 nitrogen and oxygen atoms in total. The van der Waals surface area contributed by atoms with E-state index >= 15 is 0 Å². The number of hydrogen-bond acceptors (Lipinski definition) is 5. The molecule has 176 valence electrons. The Morgan fingerprint density at radius 2 is 1.85 bits per heavy atom. The largest absolute Gasteiger partial charge is 0.481 e. The van der Waals surface area contributed by atoms with E-state index in [4.69, 9.17) is 20.1 Å². The van der Waals surface area contributed by atoms with Crippen molar-refractivity contribution in [2.75, 3.05) is 0 Å². The molecule has 1 aliphatic rings. The second-order valence-electron chi connectivity index (χ2n) is 8.52. The summed E-state index contributed by atoms with van der Waals surface area (Å²) in [6.07, 6.45) is 6.82. The minimum atomic E-state index is -0.833. The lowest BCUT2D eigenvalue weighted by molar-refractivity contribution is -0.134. The number of carboxylic acid groups (broad SMARTS) is 1. The number of amides is 1. The van der Waals surface area contributed by atoms with E-state index in [9.17, 15) is 9.59 Å². The molecule has 2 aromatic heterocycles. The average Bonchev–Trinajstić information content (AvgIpc) is 3.16. The van der Waals surface area contributed by atoms with E-state index in [1.165, 1.54) is 10.9 Å². The highest BCUT2D eigenvalue weighted by Crippen LogP contribution is 2.20. The van der Waals surface area contributed by atoms with Gasteiger partial charge in [-0.25, -0.2) is 4.79 Å². The Bertz CT molecular complexity index is 1170.